The largest absolute Gasteiger partial charge is 0.368 e. The molecule has 18 heavy (non-hydrogen) atoms. The number of benzene rings is 1. The Labute approximate surface area is 107 Å². The monoisotopic (exact) mass is 245 g/mol. The van der Waals surface area contributed by atoms with Gasteiger partial charge in [-0.3, -0.25) is 4.79 Å². The molecule has 0 saturated carbocycles. The molecule has 0 unspecified atom stereocenters. The van der Waals surface area contributed by atoms with E-state index in [0.717, 1.165) is 16.5 Å². The summed E-state index contributed by atoms with van der Waals surface area (Å²) < 4.78 is 2.04. The number of fused-ring (bicyclic) bond motifs is 1. The molecule has 1 amide bonds. The molecule has 0 saturated heterocycles. The molecular weight excluding hydrogens is 226 g/mol. The van der Waals surface area contributed by atoms with Crippen LogP contribution < -0.4 is 11.5 Å². The number of hydrogen-bond donors (Lipinski definition) is 2. The molecule has 0 aliphatic carbocycles. The molecule has 4 N–H and O–H groups in total. The van der Waals surface area contributed by atoms with Crippen LogP contribution in [0.2, 0.25) is 0 Å². The van der Waals surface area contributed by atoms with Crippen LogP contribution in [0.3, 0.4) is 0 Å². The highest BCUT2D eigenvalue weighted by atomic mass is 16.1. The highest BCUT2D eigenvalue weighted by molar-refractivity contribution is 5.88. The van der Waals surface area contributed by atoms with E-state index in [4.69, 9.17) is 11.5 Å². The summed E-state index contributed by atoms with van der Waals surface area (Å²) in [6.45, 7) is 3.90. The van der Waals surface area contributed by atoms with E-state index in [1.165, 1.54) is 0 Å². The van der Waals surface area contributed by atoms with Gasteiger partial charge in [-0.25, -0.2) is 0 Å². The smallest absolute Gasteiger partial charge is 0.235 e. The zero-order valence-electron chi connectivity index (χ0n) is 11.0. The van der Waals surface area contributed by atoms with Crippen molar-refractivity contribution in [1.82, 2.24) is 4.57 Å². The normalized spacial score (nSPS) is 13.8. The molecule has 1 atom stereocenters. The van der Waals surface area contributed by atoms with Crippen LogP contribution in [0, 0.1) is 0 Å². The zero-order valence-corrected chi connectivity index (χ0v) is 11.0. The number of aryl methyl sites for hydroxylation is 1. The quantitative estimate of drug-likeness (QED) is 0.854. The Hall–Kier alpha value is -1.81. The van der Waals surface area contributed by atoms with Crippen LogP contribution in [-0.2, 0) is 17.3 Å². The van der Waals surface area contributed by atoms with E-state index in [0.29, 0.717) is 0 Å². The van der Waals surface area contributed by atoms with Crippen molar-refractivity contribution in [2.24, 2.45) is 18.5 Å². The minimum absolute atomic E-state index is 0.479. The fourth-order valence-corrected chi connectivity index (χ4v) is 2.38. The van der Waals surface area contributed by atoms with Crippen molar-refractivity contribution in [3.8, 4) is 0 Å². The molecule has 0 aliphatic rings. The fraction of sp³-hybridized carbons (Fsp3) is 0.357. The van der Waals surface area contributed by atoms with Crippen molar-refractivity contribution in [3.63, 3.8) is 0 Å². The third kappa shape index (κ3) is 1.78. The van der Waals surface area contributed by atoms with E-state index < -0.39 is 17.4 Å². The van der Waals surface area contributed by atoms with E-state index in [1.807, 2.05) is 55.9 Å². The number of rotatable bonds is 3. The van der Waals surface area contributed by atoms with Crippen molar-refractivity contribution in [3.05, 3.63) is 36.0 Å². The molecular formula is C14H19N3O. The summed E-state index contributed by atoms with van der Waals surface area (Å²) in [5.74, 6) is -0.479. The molecule has 96 valence electrons. The van der Waals surface area contributed by atoms with Gasteiger partial charge in [0.05, 0.1) is 6.04 Å². The summed E-state index contributed by atoms with van der Waals surface area (Å²) in [5, 5.41) is 1.11. The van der Waals surface area contributed by atoms with Crippen molar-refractivity contribution >= 4 is 16.8 Å². The first-order valence-electron chi connectivity index (χ1n) is 5.95. The molecule has 2 rings (SSSR count). The maximum Gasteiger partial charge on any atom is 0.235 e. The number of para-hydroxylation sites is 1. The lowest BCUT2D eigenvalue weighted by atomic mass is 9.77. The van der Waals surface area contributed by atoms with Gasteiger partial charge in [-0.05, 0) is 11.6 Å². The van der Waals surface area contributed by atoms with Crippen LogP contribution >= 0.6 is 0 Å². The van der Waals surface area contributed by atoms with E-state index >= 15 is 0 Å². The van der Waals surface area contributed by atoms with Crippen LogP contribution in [0.25, 0.3) is 10.9 Å². The molecule has 1 heterocycles. The van der Waals surface area contributed by atoms with Gasteiger partial charge in [-0.1, -0.05) is 32.0 Å². The molecule has 0 aliphatic heterocycles. The van der Waals surface area contributed by atoms with E-state index in [2.05, 4.69) is 0 Å². The second-order valence-electron chi connectivity index (χ2n) is 5.27. The van der Waals surface area contributed by atoms with Crippen molar-refractivity contribution in [2.75, 3.05) is 0 Å². The lowest BCUT2D eigenvalue weighted by Crippen LogP contribution is -2.50. The summed E-state index contributed by atoms with van der Waals surface area (Å²) in [6, 6.07) is 7.36. The molecule has 4 heteroatoms. The number of amides is 1. The van der Waals surface area contributed by atoms with Crippen LogP contribution in [0.1, 0.15) is 19.4 Å². The van der Waals surface area contributed by atoms with Gasteiger partial charge in [0, 0.05) is 29.6 Å². The van der Waals surface area contributed by atoms with Gasteiger partial charge in [0.2, 0.25) is 5.91 Å². The van der Waals surface area contributed by atoms with Gasteiger partial charge in [-0.2, -0.15) is 0 Å². The number of aromatic nitrogens is 1. The summed E-state index contributed by atoms with van der Waals surface area (Å²) in [5.41, 5.74) is 13.0. The van der Waals surface area contributed by atoms with Gasteiger partial charge in [0.1, 0.15) is 0 Å². The number of nitrogens with two attached hydrogens (primary N) is 2. The maximum atomic E-state index is 11.4. The number of primary amides is 1. The Morgan fingerprint density at radius 3 is 2.56 bits per heavy atom. The lowest BCUT2D eigenvalue weighted by Gasteiger charge is -2.29. The first-order chi connectivity index (χ1) is 8.35. The maximum absolute atomic E-state index is 11.4. The van der Waals surface area contributed by atoms with Crippen LogP contribution in [0.15, 0.2) is 30.5 Å². The standard InChI is InChI=1S/C14H19N3O/c1-14(2,12(15)13(16)18)10-8-17(3)11-7-5-4-6-9(10)11/h4-8,12H,15H2,1-3H3,(H2,16,18)/t12-/m1/s1. The molecule has 0 bridgehead atoms. The molecule has 2 aromatic rings. The Morgan fingerprint density at radius 2 is 1.94 bits per heavy atom. The van der Waals surface area contributed by atoms with Crippen molar-refractivity contribution in [1.29, 1.82) is 0 Å². The Kier molecular flexibility index (Phi) is 2.91. The molecule has 0 fully saturated rings. The van der Waals surface area contributed by atoms with Crippen molar-refractivity contribution < 1.29 is 4.79 Å². The molecule has 1 aromatic carbocycles. The zero-order chi connectivity index (χ0) is 13.5. The summed E-state index contributed by atoms with van der Waals surface area (Å²) in [4.78, 5) is 11.4. The number of carbonyl (C=O) groups excluding carboxylic acids is 1. The lowest BCUT2D eigenvalue weighted by molar-refractivity contribution is -0.120. The number of hydrogen-bond acceptors (Lipinski definition) is 2. The minimum Gasteiger partial charge on any atom is -0.368 e. The van der Waals surface area contributed by atoms with E-state index in [9.17, 15) is 4.79 Å². The Morgan fingerprint density at radius 1 is 1.33 bits per heavy atom. The summed E-state index contributed by atoms with van der Waals surface area (Å²) >= 11 is 0. The minimum atomic E-state index is -0.705. The average molecular weight is 245 g/mol. The predicted octanol–water partition coefficient (Wildman–Crippen LogP) is 1.27. The Balaban J connectivity index is 2.64. The number of carbonyl (C=O) groups is 1. The van der Waals surface area contributed by atoms with Crippen LogP contribution in [0.4, 0.5) is 0 Å². The van der Waals surface area contributed by atoms with Gasteiger partial charge in [-0.15, -0.1) is 0 Å². The first-order valence-corrected chi connectivity index (χ1v) is 5.95. The molecule has 4 nitrogen and oxygen atoms in total. The molecule has 1 aromatic heterocycles. The van der Waals surface area contributed by atoms with Crippen molar-refractivity contribution in [2.45, 2.75) is 25.3 Å². The third-order valence-electron chi connectivity index (χ3n) is 3.68. The number of nitrogens with zero attached hydrogens (tertiary/aromatic N) is 1. The van der Waals surface area contributed by atoms with Gasteiger partial charge in [0.25, 0.3) is 0 Å². The van der Waals surface area contributed by atoms with Gasteiger partial charge >= 0.3 is 0 Å². The Bertz CT molecular complexity index is 598. The predicted molar refractivity (Wildman–Crippen MR) is 73.1 cm³/mol. The fourth-order valence-electron chi connectivity index (χ4n) is 2.38. The van der Waals surface area contributed by atoms with Gasteiger partial charge in [0.15, 0.2) is 0 Å². The highest BCUT2D eigenvalue weighted by Gasteiger charge is 2.34. The van der Waals surface area contributed by atoms with E-state index in [-0.39, 0.29) is 0 Å². The second kappa shape index (κ2) is 4.14. The van der Waals surface area contributed by atoms with Crippen LogP contribution in [-0.4, -0.2) is 16.5 Å². The summed E-state index contributed by atoms with van der Waals surface area (Å²) in [6.07, 6.45) is 2.02. The average Bonchev–Trinajstić information content (AvgIpc) is 2.67. The molecule has 0 spiro atoms. The summed E-state index contributed by atoms with van der Waals surface area (Å²) in [7, 11) is 1.98. The third-order valence-corrected chi connectivity index (χ3v) is 3.68. The van der Waals surface area contributed by atoms with E-state index in [1.54, 1.807) is 0 Å². The highest BCUT2D eigenvalue weighted by Crippen LogP contribution is 2.33. The van der Waals surface area contributed by atoms with Crippen LogP contribution in [0.5, 0.6) is 0 Å². The topological polar surface area (TPSA) is 74.0 Å². The molecule has 0 radical (unpaired) electrons. The second-order valence-corrected chi connectivity index (χ2v) is 5.27. The first kappa shape index (κ1) is 12.6. The SMILES string of the molecule is Cn1cc(C(C)(C)[C@H](N)C(N)=O)c2ccccc21. The van der Waals surface area contributed by atoms with Gasteiger partial charge < -0.3 is 16.0 Å².